The third-order valence-corrected chi connectivity index (χ3v) is 6.48. The number of hydrogen-bond donors (Lipinski definition) is 2. The number of benzene rings is 1. The van der Waals surface area contributed by atoms with Crippen LogP contribution in [0.15, 0.2) is 18.2 Å². The van der Waals surface area contributed by atoms with Crippen molar-refractivity contribution >= 4 is 18.3 Å². The molecule has 2 unspecified atom stereocenters. The first kappa shape index (κ1) is 18.7. The highest BCUT2D eigenvalue weighted by atomic mass is 35.5. The molecule has 2 atom stereocenters. The van der Waals surface area contributed by atoms with Gasteiger partial charge in [0.25, 0.3) is 0 Å². The van der Waals surface area contributed by atoms with E-state index in [1.807, 2.05) is 0 Å². The monoisotopic (exact) mass is 362 g/mol. The molecule has 3 aliphatic rings. The van der Waals surface area contributed by atoms with Crippen LogP contribution in [0.25, 0.3) is 0 Å². The molecule has 0 aromatic heterocycles. The first-order chi connectivity index (χ1) is 11.7. The lowest BCUT2D eigenvalue weighted by Gasteiger charge is -2.45. The second-order valence-corrected chi connectivity index (χ2v) is 8.26. The Morgan fingerprint density at radius 1 is 1.04 bits per heavy atom. The van der Waals surface area contributed by atoms with Crippen molar-refractivity contribution in [1.29, 1.82) is 0 Å². The summed E-state index contributed by atoms with van der Waals surface area (Å²) in [6, 6.07) is 7.37. The second-order valence-electron chi connectivity index (χ2n) is 8.26. The molecule has 1 aromatic carbocycles. The summed E-state index contributed by atoms with van der Waals surface area (Å²) < 4.78 is 0. The predicted octanol–water partition coefficient (Wildman–Crippen LogP) is 3.55. The van der Waals surface area contributed by atoms with Gasteiger partial charge in [-0.2, -0.15) is 0 Å². The molecule has 2 bridgehead atoms. The Bertz CT molecular complexity index is 604. The molecule has 0 saturated heterocycles. The van der Waals surface area contributed by atoms with E-state index >= 15 is 0 Å². The molecule has 3 aliphatic carbocycles. The van der Waals surface area contributed by atoms with E-state index in [0.717, 1.165) is 12.8 Å². The van der Waals surface area contributed by atoms with Crippen molar-refractivity contribution < 1.29 is 4.79 Å². The lowest BCUT2D eigenvalue weighted by Crippen LogP contribution is -2.54. The minimum absolute atomic E-state index is 0. The van der Waals surface area contributed by atoms with Crippen molar-refractivity contribution in [2.45, 2.75) is 76.3 Å². The van der Waals surface area contributed by atoms with E-state index < -0.39 is 0 Å². The number of aryl methyl sites for hydroxylation is 2. The standard InChI is InChI=1S/C21H30N2O.ClH/c22-19-12-17-6-3-7-18(13-19)21(17)23-20(24)11-14-8-9-15-4-1-2-5-16(15)10-14;/h8-10,17-19,21H,1-7,11-13,22H2,(H,23,24);1H. The van der Waals surface area contributed by atoms with Crippen LogP contribution >= 0.6 is 12.4 Å². The molecule has 0 radical (unpaired) electrons. The van der Waals surface area contributed by atoms with Crippen molar-refractivity contribution in [3.63, 3.8) is 0 Å². The third-order valence-electron chi connectivity index (χ3n) is 6.48. The molecule has 2 saturated carbocycles. The molecule has 1 amide bonds. The Balaban J connectivity index is 0.00000182. The molecule has 2 fully saturated rings. The highest BCUT2D eigenvalue weighted by molar-refractivity contribution is 5.85. The molecule has 0 aliphatic heterocycles. The molecule has 0 heterocycles. The van der Waals surface area contributed by atoms with Crippen LogP contribution in [0.1, 0.15) is 61.6 Å². The number of carbonyl (C=O) groups is 1. The van der Waals surface area contributed by atoms with Crippen molar-refractivity contribution in [2.24, 2.45) is 17.6 Å². The second kappa shape index (κ2) is 8.09. The summed E-state index contributed by atoms with van der Waals surface area (Å²) in [6.07, 6.45) is 11.4. The SMILES string of the molecule is Cl.NC1CC2CCCC(C1)C2NC(=O)Cc1ccc2c(c1)CCCC2. The summed E-state index contributed by atoms with van der Waals surface area (Å²) in [7, 11) is 0. The fraction of sp³-hybridized carbons (Fsp3) is 0.667. The first-order valence-electron chi connectivity index (χ1n) is 9.84. The Labute approximate surface area is 157 Å². The minimum Gasteiger partial charge on any atom is -0.353 e. The van der Waals surface area contributed by atoms with Gasteiger partial charge >= 0.3 is 0 Å². The fourth-order valence-electron chi connectivity index (χ4n) is 5.34. The smallest absolute Gasteiger partial charge is 0.224 e. The summed E-state index contributed by atoms with van der Waals surface area (Å²) in [5.41, 5.74) is 10.3. The molecular formula is C21H31ClN2O. The number of nitrogens with one attached hydrogen (secondary N) is 1. The Morgan fingerprint density at radius 3 is 2.44 bits per heavy atom. The summed E-state index contributed by atoms with van der Waals surface area (Å²) >= 11 is 0. The van der Waals surface area contributed by atoms with E-state index in [0.29, 0.717) is 30.3 Å². The van der Waals surface area contributed by atoms with Crippen LogP contribution in [0.2, 0.25) is 0 Å². The minimum atomic E-state index is 0. The van der Waals surface area contributed by atoms with E-state index in [9.17, 15) is 4.79 Å². The van der Waals surface area contributed by atoms with Gasteiger partial charge in [-0.05, 0) is 79.9 Å². The number of rotatable bonds is 3. The van der Waals surface area contributed by atoms with Gasteiger partial charge in [0, 0.05) is 12.1 Å². The van der Waals surface area contributed by atoms with Gasteiger partial charge in [0.05, 0.1) is 6.42 Å². The molecule has 4 heteroatoms. The largest absolute Gasteiger partial charge is 0.353 e. The molecule has 3 nitrogen and oxygen atoms in total. The average Bonchev–Trinajstić information content (AvgIpc) is 2.55. The molecule has 25 heavy (non-hydrogen) atoms. The fourth-order valence-corrected chi connectivity index (χ4v) is 5.34. The maximum Gasteiger partial charge on any atom is 0.224 e. The van der Waals surface area contributed by atoms with Gasteiger partial charge in [-0.3, -0.25) is 4.79 Å². The lowest BCUT2D eigenvalue weighted by molar-refractivity contribution is -0.122. The van der Waals surface area contributed by atoms with Gasteiger partial charge in [0.1, 0.15) is 0 Å². The number of nitrogens with two attached hydrogens (primary N) is 1. The normalized spacial score (nSPS) is 30.8. The quantitative estimate of drug-likeness (QED) is 0.863. The van der Waals surface area contributed by atoms with Crippen LogP contribution in [-0.4, -0.2) is 18.0 Å². The third kappa shape index (κ3) is 4.20. The zero-order valence-electron chi connectivity index (χ0n) is 15.0. The van der Waals surface area contributed by atoms with Gasteiger partial charge in [0.15, 0.2) is 0 Å². The van der Waals surface area contributed by atoms with E-state index in [-0.39, 0.29) is 18.3 Å². The Kier molecular flexibility index (Phi) is 6.06. The van der Waals surface area contributed by atoms with E-state index in [4.69, 9.17) is 5.73 Å². The van der Waals surface area contributed by atoms with Crippen LogP contribution in [0, 0.1) is 11.8 Å². The van der Waals surface area contributed by atoms with Crippen LogP contribution < -0.4 is 11.1 Å². The van der Waals surface area contributed by atoms with Gasteiger partial charge in [-0.15, -0.1) is 12.4 Å². The zero-order valence-corrected chi connectivity index (χ0v) is 15.8. The highest BCUT2D eigenvalue weighted by Crippen LogP contribution is 2.39. The van der Waals surface area contributed by atoms with Gasteiger partial charge in [-0.25, -0.2) is 0 Å². The molecule has 138 valence electrons. The van der Waals surface area contributed by atoms with Gasteiger partial charge in [0.2, 0.25) is 5.91 Å². The average molecular weight is 363 g/mol. The van der Waals surface area contributed by atoms with Gasteiger partial charge in [-0.1, -0.05) is 24.6 Å². The molecule has 0 spiro atoms. The summed E-state index contributed by atoms with van der Waals surface area (Å²) in [5, 5.41) is 3.38. The predicted molar refractivity (Wildman–Crippen MR) is 104 cm³/mol. The molecule has 1 aromatic rings. The molecule has 3 N–H and O–H groups in total. The maximum atomic E-state index is 12.6. The van der Waals surface area contributed by atoms with Crippen molar-refractivity contribution in [3.05, 3.63) is 34.9 Å². The van der Waals surface area contributed by atoms with E-state index in [1.54, 1.807) is 0 Å². The number of hydrogen-bond acceptors (Lipinski definition) is 2. The van der Waals surface area contributed by atoms with Crippen molar-refractivity contribution in [2.75, 3.05) is 0 Å². The van der Waals surface area contributed by atoms with Gasteiger partial charge < -0.3 is 11.1 Å². The van der Waals surface area contributed by atoms with Crippen LogP contribution in [-0.2, 0) is 24.1 Å². The summed E-state index contributed by atoms with van der Waals surface area (Å²) in [5.74, 6) is 1.39. The lowest BCUT2D eigenvalue weighted by atomic mass is 9.67. The van der Waals surface area contributed by atoms with Crippen LogP contribution in [0.3, 0.4) is 0 Å². The van der Waals surface area contributed by atoms with Crippen molar-refractivity contribution in [1.82, 2.24) is 5.32 Å². The molecular weight excluding hydrogens is 332 g/mol. The number of halogens is 1. The van der Waals surface area contributed by atoms with E-state index in [2.05, 4.69) is 23.5 Å². The first-order valence-corrected chi connectivity index (χ1v) is 9.84. The maximum absolute atomic E-state index is 12.6. The molecule has 4 rings (SSSR count). The summed E-state index contributed by atoms with van der Waals surface area (Å²) in [6.45, 7) is 0. The number of amides is 1. The Hall–Kier alpha value is -1.06. The summed E-state index contributed by atoms with van der Waals surface area (Å²) in [4.78, 5) is 12.6. The number of fused-ring (bicyclic) bond motifs is 3. The topological polar surface area (TPSA) is 55.1 Å². The van der Waals surface area contributed by atoms with Crippen molar-refractivity contribution in [3.8, 4) is 0 Å². The van der Waals surface area contributed by atoms with Crippen LogP contribution in [0.4, 0.5) is 0 Å². The van der Waals surface area contributed by atoms with Crippen LogP contribution in [0.5, 0.6) is 0 Å². The Morgan fingerprint density at radius 2 is 1.72 bits per heavy atom. The highest BCUT2D eigenvalue weighted by Gasteiger charge is 2.39. The number of carbonyl (C=O) groups excluding carboxylic acids is 1. The zero-order chi connectivity index (χ0) is 16.5. The van der Waals surface area contributed by atoms with E-state index in [1.165, 1.54) is 61.6 Å².